The highest BCUT2D eigenvalue weighted by Gasteiger charge is 2.12. The molecule has 0 radical (unpaired) electrons. The highest BCUT2D eigenvalue weighted by Crippen LogP contribution is 2.34. The second-order valence-corrected chi connectivity index (χ2v) is 4.26. The van der Waals surface area contributed by atoms with E-state index < -0.39 is 6.10 Å². The molecule has 6 nitrogen and oxygen atoms in total. The lowest BCUT2D eigenvalue weighted by atomic mass is 10.1. The molecule has 0 bridgehead atoms. The number of nitrogens with one attached hydrogen (secondary N) is 1. The fourth-order valence-electron chi connectivity index (χ4n) is 1.86. The largest absolute Gasteiger partial charge is 0.496 e. The van der Waals surface area contributed by atoms with E-state index in [2.05, 4.69) is 5.32 Å². The van der Waals surface area contributed by atoms with Crippen LogP contribution in [0.1, 0.15) is 5.56 Å². The lowest BCUT2D eigenvalue weighted by Gasteiger charge is -2.15. The van der Waals surface area contributed by atoms with E-state index >= 15 is 0 Å². The highest BCUT2D eigenvalue weighted by atomic mass is 16.5. The number of aliphatic hydroxyl groups excluding tert-OH is 1. The topological polar surface area (TPSA) is 69.2 Å². The molecule has 0 heterocycles. The molecule has 0 aliphatic rings. The smallest absolute Gasteiger partial charge is 0.164 e. The van der Waals surface area contributed by atoms with Crippen LogP contribution in [0.2, 0.25) is 0 Å². The standard InChI is InChI=1S/C14H23NO5/c1-17-9-11(16)8-15-7-10-5-13(19-3)14(20-4)6-12(10)18-2/h5-6,11,15-16H,7-9H2,1-4H3. The van der Waals surface area contributed by atoms with Crippen molar-refractivity contribution in [1.29, 1.82) is 0 Å². The average Bonchev–Trinajstić information content (AvgIpc) is 2.46. The molecule has 114 valence electrons. The summed E-state index contributed by atoms with van der Waals surface area (Å²) in [5.41, 5.74) is 0.926. The van der Waals surface area contributed by atoms with Crippen LogP contribution in [0.15, 0.2) is 12.1 Å². The number of rotatable bonds is 9. The third-order valence-electron chi connectivity index (χ3n) is 2.84. The summed E-state index contributed by atoms with van der Waals surface area (Å²) in [5.74, 6) is 1.96. The van der Waals surface area contributed by atoms with Crippen molar-refractivity contribution in [3.63, 3.8) is 0 Å². The van der Waals surface area contributed by atoms with Gasteiger partial charge in [-0.05, 0) is 6.07 Å². The molecular weight excluding hydrogens is 262 g/mol. The first-order valence-electron chi connectivity index (χ1n) is 6.32. The third kappa shape index (κ3) is 4.56. The Morgan fingerprint density at radius 2 is 1.60 bits per heavy atom. The van der Waals surface area contributed by atoms with Crippen molar-refractivity contribution in [2.75, 3.05) is 41.6 Å². The van der Waals surface area contributed by atoms with Crippen molar-refractivity contribution >= 4 is 0 Å². The molecule has 0 amide bonds. The van der Waals surface area contributed by atoms with Crippen LogP contribution in [0.4, 0.5) is 0 Å². The first-order chi connectivity index (χ1) is 9.65. The van der Waals surface area contributed by atoms with Gasteiger partial charge >= 0.3 is 0 Å². The van der Waals surface area contributed by atoms with Gasteiger partial charge in [0.25, 0.3) is 0 Å². The van der Waals surface area contributed by atoms with E-state index in [4.69, 9.17) is 18.9 Å². The predicted octanol–water partition coefficient (Wildman–Crippen LogP) is 0.809. The van der Waals surface area contributed by atoms with Gasteiger partial charge < -0.3 is 29.4 Å². The van der Waals surface area contributed by atoms with Gasteiger partial charge in [-0.15, -0.1) is 0 Å². The van der Waals surface area contributed by atoms with Gasteiger partial charge in [-0.3, -0.25) is 0 Å². The van der Waals surface area contributed by atoms with Crippen LogP contribution in [0.25, 0.3) is 0 Å². The Kier molecular flexibility index (Phi) is 7.14. The molecule has 0 aliphatic heterocycles. The van der Waals surface area contributed by atoms with E-state index in [1.165, 1.54) is 0 Å². The maximum atomic E-state index is 9.57. The van der Waals surface area contributed by atoms with E-state index in [0.717, 1.165) is 5.56 Å². The first-order valence-corrected chi connectivity index (χ1v) is 6.32. The van der Waals surface area contributed by atoms with Gasteiger partial charge in [0, 0.05) is 31.8 Å². The molecule has 0 spiro atoms. The van der Waals surface area contributed by atoms with Crippen LogP contribution in [0.3, 0.4) is 0 Å². The Hall–Kier alpha value is -1.50. The Bertz CT molecular complexity index is 411. The van der Waals surface area contributed by atoms with E-state index in [0.29, 0.717) is 36.9 Å². The number of methoxy groups -OCH3 is 4. The Morgan fingerprint density at radius 3 is 2.15 bits per heavy atom. The molecule has 1 unspecified atom stereocenters. The molecule has 0 saturated carbocycles. The zero-order valence-corrected chi connectivity index (χ0v) is 12.4. The highest BCUT2D eigenvalue weighted by molar-refractivity contribution is 5.50. The fraction of sp³-hybridized carbons (Fsp3) is 0.571. The van der Waals surface area contributed by atoms with E-state index in [-0.39, 0.29) is 0 Å². The zero-order valence-electron chi connectivity index (χ0n) is 12.4. The summed E-state index contributed by atoms with van der Waals surface area (Å²) in [6.07, 6.45) is -0.536. The molecule has 0 aromatic heterocycles. The van der Waals surface area contributed by atoms with Crippen molar-refractivity contribution in [3.05, 3.63) is 17.7 Å². The van der Waals surface area contributed by atoms with E-state index in [9.17, 15) is 5.11 Å². The van der Waals surface area contributed by atoms with Crippen molar-refractivity contribution < 1.29 is 24.1 Å². The summed E-state index contributed by atoms with van der Waals surface area (Å²) in [6, 6.07) is 3.63. The maximum Gasteiger partial charge on any atom is 0.164 e. The van der Waals surface area contributed by atoms with Crippen molar-refractivity contribution in [3.8, 4) is 17.2 Å². The Balaban J connectivity index is 2.73. The van der Waals surface area contributed by atoms with Gasteiger partial charge in [0.15, 0.2) is 11.5 Å². The van der Waals surface area contributed by atoms with Crippen molar-refractivity contribution in [1.82, 2.24) is 5.32 Å². The number of hydrogen-bond donors (Lipinski definition) is 2. The van der Waals surface area contributed by atoms with E-state index in [1.807, 2.05) is 6.07 Å². The zero-order chi connectivity index (χ0) is 15.0. The third-order valence-corrected chi connectivity index (χ3v) is 2.84. The summed E-state index contributed by atoms with van der Waals surface area (Å²) in [7, 11) is 6.32. The van der Waals surface area contributed by atoms with Gasteiger partial charge in [-0.1, -0.05) is 0 Å². The molecular formula is C14H23NO5. The van der Waals surface area contributed by atoms with Gasteiger partial charge in [-0.25, -0.2) is 0 Å². The normalized spacial score (nSPS) is 12.1. The van der Waals surface area contributed by atoms with Crippen LogP contribution in [0.5, 0.6) is 17.2 Å². The van der Waals surface area contributed by atoms with Crippen LogP contribution in [-0.2, 0) is 11.3 Å². The maximum absolute atomic E-state index is 9.57. The van der Waals surface area contributed by atoms with Crippen molar-refractivity contribution in [2.24, 2.45) is 0 Å². The summed E-state index contributed by atoms with van der Waals surface area (Å²) in [6.45, 7) is 1.28. The molecule has 0 saturated heterocycles. The summed E-state index contributed by atoms with van der Waals surface area (Å²) < 4.78 is 20.7. The Labute approximate surface area is 119 Å². The summed E-state index contributed by atoms with van der Waals surface area (Å²) >= 11 is 0. The van der Waals surface area contributed by atoms with Gasteiger partial charge in [0.1, 0.15) is 5.75 Å². The second kappa shape index (κ2) is 8.63. The molecule has 20 heavy (non-hydrogen) atoms. The average molecular weight is 285 g/mol. The molecule has 6 heteroatoms. The van der Waals surface area contributed by atoms with Crippen LogP contribution < -0.4 is 19.5 Å². The molecule has 1 rings (SSSR count). The lowest BCUT2D eigenvalue weighted by Crippen LogP contribution is -2.29. The quantitative estimate of drug-likeness (QED) is 0.700. The minimum Gasteiger partial charge on any atom is -0.496 e. The number of benzene rings is 1. The molecule has 2 N–H and O–H groups in total. The van der Waals surface area contributed by atoms with Crippen LogP contribution in [-0.4, -0.2) is 52.8 Å². The van der Waals surface area contributed by atoms with Gasteiger partial charge in [0.2, 0.25) is 0 Å². The van der Waals surface area contributed by atoms with Gasteiger partial charge in [0.05, 0.1) is 34.0 Å². The molecule has 1 atom stereocenters. The fourth-order valence-corrected chi connectivity index (χ4v) is 1.86. The van der Waals surface area contributed by atoms with E-state index in [1.54, 1.807) is 34.5 Å². The van der Waals surface area contributed by atoms with Crippen molar-refractivity contribution in [2.45, 2.75) is 12.6 Å². The second-order valence-electron chi connectivity index (χ2n) is 4.26. The summed E-state index contributed by atoms with van der Waals surface area (Å²) in [4.78, 5) is 0. The van der Waals surface area contributed by atoms with Crippen LogP contribution >= 0.6 is 0 Å². The molecule has 0 fully saturated rings. The Morgan fingerprint density at radius 1 is 1.00 bits per heavy atom. The predicted molar refractivity (Wildman–Crippen MR) is 75.7 cm³/mol. The number of aliphatic hydroxyl groups is 1. The minimum absolute atomic E-state index is 0.302. The van der Waals surface area contributed by atoms with Crippen LogP contribution in [0, 0.1) is 0 Å². The SMILES string of the molecule is COCC(O)CNCc1cc(OC)c(OC)cc1OC. The molecule has 0 aliphatic carbocycles. The minimum atomic E-state index is -0.536. The number of hydrogen-bond acceptors (Lipinski definition) is 6. The van der Waals surface area contributed by atoms with Gasteiger partial charge in [-0.2, -0.15) is 0 Å². The molecule has 1 aromatic rings. The monoisotopic (exact) mass is 285 g/mol. The summed E-state index contributed by atoms with van der Waals surface area (Å²) in [5, 5.41) is 12.7. The first kappa shape index (κ1) is 16.6. The molecule has 1 aromatic carbocycles. The lowest BCUT2D eigenvalue weighted by molar-refractivity contribution is 0.0644. The number of ether oxygens (including phenoxy) is 4.